The van der Waals surface area contributed by atoms with Crippen LogP contribution in [0.1, 0.15) is 38.3 Å². The highest BCUT2D eigenvalue weighted by molar-refractivity contribution is 6.16. The fraction of sp³-hybridized carbons (Fsp3) is 0.360. The molecule has 0 spiro atoms. The Morgan fingerprint density at radius 1 is 0.941 bits per heavy atom. The van der Waals surface area contributed by atoms with Crippen molar-refractivity contribution in [2.45, 2.75) is 57.3 Å². The molecule has 0 saturated carbocycles. The average Bonchev–Trinajstić information content (AvgIpc) is 2.76. The first-order valence-corrected chi connectivity index (χ1v) is 10.8. The van der Waals surface area contributed by atoms with E-state index in [0.717, 1.165) is 4.90 Å². The maximum atomic E-state index is 13.8. The van der Waals surface area contributed by atoms with Crippen molar-refractivity contribution < 1.29 is 29.0 Å². The van der Waals surface area contributed by atoms with Crippen molar-refractivity contribution in [3.63, 3.8) is 0 Å². The molecule has 0 saturated heterocycles. The Bertz CT molecular complexity index is 1020. The van der Waals surface area contributed by atoms with Gasteiger partial charge < -0.3 is 21.3 Å². The number of imide groups is 1. The molecule has 9 nitrogen and oxygen atoms in total. The number of hydrogen-bond acceptors (Lipinski definition) is 7. The van der Waals surface area contributed by atoms with Gasteiger partial charge in [-0.2, -0.15) is 0 Å². The highest BCUT2D eigenvalue weighted by atomic mass is 16.6. The van der Waals surface area contributed by atoms with Crippen molar-refractivity contribution in [2.24, 2.45) is 11.5 Å². The molecule has 2 atom stereocenters. The summed E-state index contributed by atoms with van der Waals surface area (Å²) in [4.78, 5) is 52.1. The lowest BCUT2D eigenvalue weighted by Crippen LogP contribution is -2.66. The fourth-order valence-corrected chi connectivity index (χ4v) is 3.34. The largest absolute Gasteiger partial charge is 0.481 e. The van der Waals surface area contributed by atoms with E-state index in [0.29, 0.717) is 11.1 Å². The Kier molecular flexibility index (Phi) is 8.67. The number of rotatable bonds is 9. The molecule has 0 bridgehead atoms. The number of carboxylic acids is 1. The minimum absolute atomic E-state index is 0.205. The number of nitrogens with zero attached hydrogens (tertiary/aromatic N) is 1. The smallest absolute Gasteiger partial charge is 0.417 e. The lowest BCUT2D eigenvalue weighted by atomic mass is 9.82. The minimum atomic E-state index is -2.30. The number of hydrogen-bond donors (Lipinski definition) is 3. The summed E-state index contributed by atoms with van der Waals surface area (Å²) in [6.45, 7) is 4.72. The van der Waals surface area contributed by atoms with Crippen LogP contribution in [0.3, 0.4) is 0 Å². The van der Waals surface area contributed by atoms with E-state index < -0.39 is 47.4 Å². The zero-order chi connectivity index (χ0) is 25.5. The number of ketones is 1. The number of benzene rings is 2. The van der Waals surface area contributed by atoms with E-state index in [1.807, 2.05) is 0 Å². The molecular weight excluding hydrogens is 438 g/mol. The molecule has 182 valence electrons. The van der Waals surface area contributed by atoms with Gasteiger partial charge in [-0.3, -0.25) is 14.4 Å². The van der Waals surface area contributed by atoms with Gasteiger partial charge in [0.05, 0.1) is 19.0 Å². The van der Waals surface area contributed by atoms with Gasteiger partial charge in [0.1, 0.15) is 5.60 Å². The molecule has 2 aromatic carbocycles. The first-order chi connectivity index (χ1) is 15.8. The summed E-state index contributed by atoms with van der Waals surface area (Å²) in [6, 6.07) is 15.6. The van der Waals surface area contributed by atoms with Crippen LogP contribution in [0.15, 0.2) is 60.7 Å². The number of nitrogens with two attached hydrogens (primary N) is 2. The lowest BCUT2D eigenvalue weighted by molar-refractivity contribution is -0.146. The van der Waals surface area contributed by atoms with Gasteiger partial charge in [0.15, 0.2) is 11.3 Å². The molecule has 0 fully saturated rings. The monoisotopic (exact) mass is 469 g/mol. The molecule has 0 aliphatic heterocycles. The van der Waals surface area contributed by atoms with Crippen LogP contribution < -0.4 is 11.5 Å². The van der Waals surface area contributed by atoms with Crippen molar-refractivity contribution in [3.8, 4) is 0 Å². The standard InChI is InChI=1S/C25H31N3O6/c1-24(2,3)34-23(33)28(16-18-12-8-5-9-13-18)22(32)25(27,15-17-10-6-4-7-11-17)21(31)19(26)14-20(29)30/h4-13,19H,14-16,26-27H2,1-3H3,(H,29,30)/t19-,25+/m0/s1. The number of carboxylic acid groups (broad SMARTS) is 1. The van der Waals surface area contributed by atoms with Crippen LogP contribution in [0, 0.1) is 0 Å². The third-order valence-electron chi connectivity index (χ3n) is 4.92. The average molecular weight is 470 g/mol. The van der Waals surface area contributed by atoms with E-state index >= 15 is 0 Å². The molecule has 2 amide bonds. The van der Waals surface area contributed by atoms with E-state index in [4.69, 9.17) is 21.3 Å². The van der Waals surface area contributed by atoms with Crippen LogP contribution in [0.4, 0.5) is 4.79 Å². The molecule has 0 heterocycles. The summed E-state index contributed by atoms with van der Waals surface area (Å²) in [5, 5.41) is 9.10. The van der Waals surface area contributed by atoms with Crippen LogP contribution in [0.2, 0.25) is 0 Å². The topological polar surface area (TPSA) is 153 Å². The Hall–Kier alpha value is -3.56. The SMILES string of the molecule is CC(C)(C)OC(=O)N(Cc1ccccc1)C(=O)[C@@](N)(Cc1ccccc1)C(=O)[C@@H](N)CC(=O)O. The number of Topliss-reactive ketones (excluding diaryl/α,β-unsaturated/α-hetero) is 1. The molecule has 0 aliphatic rings. The molecule has 0 aliphatic carbocycles. The summed E-state index contributed by atoms with van der Waals surface area (Å²) in [6.07, 6.45) is -1.98. The van der Waals surface area contributed by atoms with Crippen molar-refractivity contribution in [3.05, 3.63) is 71.8 Å². The molecule has 9 heteroatoms. The third-order valence-corrected chi connectivity index (χ3v) is 4.92. The van der Waals surface area contributed by atoms with Crippen LogP contribution in [0.25, 0.3) is 0 Å². The second-order valence-electron chi connectivity index (χ2n) is 9.06. The van der Waals surface area contributed by atoms with Gasteiger partial charge in [0, 0.05) is 6.42 Å². The highest BCUT2D eigenvalue weighted by Gasteiger charge is 2.49. The predicted molar refractivity (Wildman–Crippen MR) is 126 cm³/mol. The number of aliphatic carboxylic acids is 1. The normalized spacial score (nSPS) is 13.9. The summed E-state index contributed by atoms with van der Waals surface area (Å²) >= 11 is 0. The molecule has 2 aromatic rings. The molecule has 34 heavy (non-hydrogen) atoms. The minimum Gasteiger partial charge on any atom is -0.481 e. The second kappa shape index (κ2) is 11.0. The molecule has 5 N–H and O–H groups in total. The Morgan fingerprint density at radius 3 is 1.91 bits per heavy atom. The summed E-state index contributed by atoms with van der Waals surface area (Å²) < 4.78 is 5.42. The van der Waals surface area contributed by atoms with Crippen molar-refractivity contribution in [1.82, 2.24) is 4.90 Å². The Balaban J connectivity index is 2.53. The van der Waals surface area contributed by atoms with Gasteiger partial charge >= 0.3 is 12.1 Å². The molecule has 0 radical (unpaired) electrons. The van der Waals surface area contributed by atoms with Crippen molar-refractivity contribution >= 4 is 23.8 Å². The summed E-state index contributed by atoms with van der Waals surface area (Å²) in [7, 11) is 0. The number of carbonyl (C=O) groups excluding carboxylic acids is 3. The van der Waals surface area contributed by atoms with Crippen LogP contribution >= 0.6 is 0 Å². The van der Waals surface area contributed by atoms with Gasteiger partial charge in [-0.25, -0.2) is 9.69 Å². The van der Waals surface area contributed by atoms with Gasteiger partial charge in [-0.1, -0.05) is 60.7 Å². The molecule has 0 aromatic heterocycles. The molecule has 2 rings (SSSR count). The van der Waals surface area contributed by atoms with Gasteiger partial charge in [-0.15, -0.1) is 0 Å². The zero-order valence-electron chi connectivity index (χ0n) is 19.6. The van der Waals surface area contributed by atoms with E-state index in [9.17, 15) is 19.2 Å². The van der Waals surface area contributed by atoms with Gasteiger partial charge in [-0.05, 0) is 31.9 Å². The molecular formula is C25H31N3O6. The van der Waals surface area contributed by atoms with Crippen molar-refractivity contribution in [2.75, 3.05) is 0 Å². The Morgan fingerprint density at radius 2 is 1.44 bits per heavy atom. The second-order valence-corrected chi connectivity index (χ2v) is 9.06. The van der Waals surface area contributed by atoms with E-state index in [-0.39, 0.29) is 13.0 Å². The van der Waals surface area contributed by atoms with E-state index in [1.165, 1.54) is 0 Å². The quantitative estimate of drug-likeness (QED) is 0.473. The first kappa shape index (κ1) is 26.7. The van der Waals surface area contributed by atoms with Crippen molar-refractivity contribution in [1.29, 1.82) is 0 Å². The predicted octanol–water partition coefficient (Wildman–Crippen LogP) is 2.26. The van der Waals surface area contributed by atoms with Gasteiger partial charge in [0.2, 0.25) is 0 Å². The number of carbonyl (C=O) groups is 4. The van der Waals surface area contributed by atoms with E-state index in [1.54, 1.807) is 81.4 Å². The number of ether oxygens (including phenoxy) is 1. The fourth-order valence-electron chi connectivity index (χ4n) is 3.34. The van der Waals surface area contributed by atoms with Crippen LogP contribution in [-0.4, -0.2) is 50.9 Å². The summed E-state index contributed by atoms with van der Waals surface area (Å²) in [5.74, 6) is -3.32. The molecule has 0 unspecified atom stereocenters. The first-order valence-electron chi connectivity index (χ1n) is 10.8. The zero-order valence-corrected chi connectivity index (χ0v) is 19.6. The third kappa shape index (κ3) is 7.23. The maximum absolute atomic E-state index is 13.8. The van der Waals surface area contributed by atoms with Gasteiger partial charge in [0.25, 0.3) is 5.91 Å². The summed E-state index contributed by atoms with van der Waals surface area (Å²) in [5.41, 5.74) is 10.2. The van der Waals surface area contributed by atoms with E-state index in [2.05, 4.69) is 0 Å². The number of amides is 2. The Labute approximate surface area is 198 Å². The highest BCUT2D eigenvalue weighted by Crippen LogP contribution is 2.22. The van der Waals surface area contributed by atoms with Crippen LogP contribution in [-0.2, 0) is 32.1 Å². The maximum Gasteiger partial charge on any atom is 0.417 e. The van der Waals surface area contributed by atoms with Crippen LogP contribution in [0.5, 0.6) is 0 Å². The lowest BCUT2D eigenvalue weighted by Gasteiger charge is -2.34.